The lowest BCUT2D eigenvalue weighted by Gasteiger charge is -2.13. The summed E-state index contributed by atoms with van der Waals surface area (Å²) in [6, 6.07) is 3.96. The lowest BCUT2D eigenvalue weighted by atomic mass is 9.94. The van der Waals surface area contributed by atoms with E-state index in [1.165, 1.54) is 0 Å². The van der Waals surface area contributed by atoms with E-state index in [2.05, 4.69) is 5.32 Å². The Hall–Kier alpha value is -0.220. The highest BCUT2D eigenvalue weighted by Gasteiger charge is 2.28. The molecule has 82 valence electrons. The maximum Gasteiger partial charge on any atom is 0.108 e. The monoisotopic (exact) mass is 238 g/mol. The molecule has 0 radical (unpaired) electrons. The van der Waals surface area contributed by atoms with E-state index < -0.39 is 0 Å². The van der Waals surface area contributed by atoms with Crippen molar-refractivity contribution in [3.05, 3.63) is 24.2 Å². The molecule has 0 saturated carbocycles. The quantitative estimate of drug-likeness (QED) is 0.819. The minimum atomic E-state index is 0. The lowest BCUT2D eigenvalue weighted by molar-refractivity contribution is 0.419. The van der Waals surface area contributed by atoms with Crippen LogP contribution >= 0.6 is 24.8 Å². The van der Waals surface area contributed by atoms with E-state index in [0.717, 1.165) is 25.4 Å². The highest BCUT2D eigenvalue weighted by Crippen LogP contribution is 2.27. The van der Waals surface area contributed by atoms with Crippen LogP contribution in [0.25, 0.3) is 0 Å². The molecule has 1 saturated heterocycles. The lowest BCUT2D eigenvalue weighted by Crippen LogP contribution is -2.20. The zero-order chi connectivity index (χ0) is 8.39. The van der Waals surface area contributed by atoms with Crippen LogP contribution in [0.3, 0.4) is 0 Å². The smallest absolute Gasteiger partial charge is 0.108 e. The largest absolute Gasteiger partial charge is 0.469 e. The minimum Gasteiger partial charge on any atom is -0.469 e. The van der Waals surface area contributed by atoms with Gasteiger partial charge in [-0.1, -0.05) is 0 Å². The van der Waals surface area contributed by atoms with Crippen molar-refractivity contribution < 1.29 is 4.42 Å². The summed E-state index contributed by atoms with van der Waals surface area (Å²) in [5.41, 5.74) is 5.65. The molecule has 0 aliphatic carbocycles. The Morgan fingerprint density at radius 2 is 2.21 bits per heavy atom. The third kappa shape index (κ3) is 2.64. The second-order valence-electron chi connectivity index (χ2n) is 3.28. The van der Waals surface area contributed by atoms with Gasteiger partial charge in [-0.15, -0.1) is 24.8 Å². The second-order valence-corrected chi connectivity index (χ2v) is 3.28. The van der Waals surface area contributed by atoms with Crippen molar-refractivity contribution in [1.29, 1.82) is 0 Å². The average Bonchev–Trinajstić information content (AvgIpc) is 2.74. The van der Waals surface area contributed by atoms with E-state index in [-0.39, 0.29) is 24.8 Å². The fourth-order valence-corrected chi connectivity index (χ4v) is 1.82. The van der Waals surface area contributed by atoms with Gasteiger partial charge in [-0.2, -0.15) is 0 Å². The molecule has 2 unspecified atom stereocenters. The molecule has 2 heterocycles. The van der Waals surface area contributed by atoms with Gasteiger partial charge in [0.15, 0.2) is 0 Å². The Balaban J connectivity index is 0.000000845. The summed E-state index contributed by atoms with van der Waals surface area (Å²) in [5.74, 6) is 2.08. The van der Waals surface area contributed by atoms with Crippen molar-refractivity contribution in [3.63, 3.8) is 0 Å². The van der Waals surface area contributed by atoms with E-state index in [9.17, 15) is 0 Å². The Morgan fingerprint density at radius 3 is 2.79 bits per heavy atom. The van der Waals surface area contributed by atoms with E-state index in [4.69, 9.17) is 10.2 Å². The van der Waals surface area contributed by atoms with Crippen LogP contribution in [0.15, 0.2) is 22.8 Å². The zero-order valence-corrected chi connectivity index (χ0v) is 9.44. The Bertz CT molecular complexity index is 241. The summed E-state index contributed by atoms with van der Waals surface area (Å²) in [4.78, 5) is 0. The van der Waals surface area contributed by atoms with E-state index in [1.54, 1.807) is 6.26 Å². The van der Waals surface area contributed by atoms with Gasteiger partial charge >= 0.3 is 0 Å². The molecule has 14 heavy (non-hydrogen) atoms. The second kappa shape index (κ2) is 6.30. The fraction of sp³-hybridized carbons (Fsp3) is 0.556. The Morgan fingerprint density at radius 1 is 1.43 bits per heavy atom. The molecular weight excluding hydrogens is 223 g/mol. The molecule has 1 aromatic heterocycles. The Labute approximate surface area is 96.2 Å². The molecule has 1 aliphatic rings. The maximum atomic E-state index is 5.65. The highest BCUT2D eigenvalue weighted by atomic mass is 35.5. The average molecular weight is 239 g/mol. The van der Waals surface area contributed by atoms with Crippen molar-refractivity contribution in [2.24, 2.45) is 11.7 Å². The molecular formula is C9H16Cl2N2O. The molecule has 1 aliphatic heterocycles. The van der Waals surface area contributed by atoms with Gasteiger partial charge in [-0.3, -0.25) is 0 Å². The molecule has 0 spiro atoms. The van der Waals surface area contributed by atoms with Gasteiger partial charge in [0.2, 0.25) is 0 Å². The molecule has 0 aromatic carbocycles. The minimum absolute atomic E-state index is 0. The molecule has 2 atom stereocenters. The van der Waals surface area contributed by atoms with E-state index in [1.807, 2.05) is 12.1 Å². The van der Waals surface area contributed by atoms with Gasteiger partial charge in [0.05, 0.1) is 6.26 Å². The van der Waals surface area contributed by atoms with Crippen LogP contribution in [0, 0.1) is 5.92 Å². The number of furan rings is 1. The first kappa shape index (κ1) is 13.8. The van der Waals surface area contributed by atoms with Gasteiger partial charge in [-0.05, 0) is 31.1 Å². The number of nitrogens with one attached hydrogen (secondary N) is 1. The molecule has 1 aromatic rings. The van der Waals surface area contributed by atoms with E-state index in [0.29, 0.717) is 11.8 Å². The molecule has 5 heteroatoms. The van der Waals surface area contributed by atoms with Crippen LogP contribution in [0.1, 0.15) is 11.7 Å². The predicted octanol–water partition coefficient (Wildman–Crippen LogP) is 1.38. The fourth-order valence-electron chi connectivity index (χ4n) is 1.82. The highest BCUT2D eigenvalue weighted by molar-refractivity contribution is 5.85. The number of hydrogen-bond donors (Lipinski definition) is 2. The van der Waals surface area contributed by atoms with Crippen molar-refractivity contribution in [2.75, 3.05) is 19.6 Å². The topological polar surface area (TPSA) is 51.2 Å². The summed E-state index contributed by atoms with van der Waals surface area (Å²) in [6.45, 7) is 2.75. The molecule has 0 amide bonds. The van der Waals surface area contributed by atoms with Crippen LogP contribution in [0.2, 0.25) is 0 Å². The van der Waals surface area contributed by atoms with Gasteiger partial charge < -0.3 is 15.5 Å². The van der Waals surface area contributed by atoms with Gasteiger partial charge in [0, 0.05) is 12.5 Å². The maximum absolute atomic E-state index is 5.65. The normalized spacial score (nSPS) is 25.2. The first-order valence-corrected chi connectivity index (χ1v) is 4.36. The Kier molecular flexibility index (Phi) is 6.20. The van der Waals surface area contributed by atoms with Crippen molar-refractivity contribution in [3.8, 4) is 0 Å². The summed E-state index contributed by atoms with van der Waals surface area (Å²) in [5, 5.41) is 3.32. The molecule has 1 fully saturated rings. The standard InChI is InChI=1S/C9H14N2O.2ClH/c10-4-7-5-11-6-8(7)9-2-1-3-12-9;;/h1-3,7-8,11H,4-6,10H2;2*1H. The van der Waals surface area contributed by atoms with E-state index >= 15 is 0 Å². The number of rotatable bonds is 2. The SMILES string of the molecule is Cl.Cl.NCC1CNCC1c1ccco1. The van der Waals surface area contributed by atoms with Crippen LogP contribution in [-0.4, -0.2) is 19.6 Å². The molecule has 3 N–H and O–H groups in total. The van der Waals surface area contributed by atoms with Gasteiger partial charge in [0.25, 0.3) is 0 Å². The first-order chi connectivity index (χ1) is 5.92. The van der Waals surface area contributed by atoms with Gasteiger partial charge in [0.1, 0.15) is 5.76 Å². The predicted molar refractivity (Wildman–Crippen MR) is 61.4 cm³/mol. The number of nitrogens with two attached hydrogens (primary N) is 1. The molecule has 2 rings (SSSR count). The van der Waals surface area contributed by atoms with Crippen molar-refractivity contribution >= 4 is 24.8 Å². The summed E-state index contributed by atoms with van der Waals surface area (Å²) >= 11 is 0. The summed E-state index contributed by atoms with van der Waals surface area (Å²) in [7, 11) is 0. The first-order valence-electron chi connectivity index (χ1n) is 4.36. The molecule has 3 nitrogen and oxygen atoms in total. The number of halogens is 2. The van der Waals surface area contributed by atoms with Crippen LogP contribution in [0.4, 0.5) is 0 Å². The van der Waals surface area contributed by atoms with Crippen LogP contribution in [0.5, 0.6) is 0 Å². The van der Waals surface area contributed by atoms with Crippen molar-refractivity contribution in [1.82, 2.24) is 5.32 Å². The van der Waals surface area contributed by atoms with Crippen LogP contribution in [-0.2, 0) is 0 Å². The van der Waals surface area contributed by atoms with Crippen molar-refractivity contribution in [2.45, 2.75) is 5.92 Å². The molecule has 0 bridgehead atoms. The summed E-state index contributed by atoms with van der Waals surface area (Å²) < 4.78 is 5.35. The summed E-state index contributed by atoms with van der Waals surface area (Å²) in [6.07, 6.45) is 1.72. The number of hydrogen-bond acceptors (Lipinski definition) is 3. The van der Waals surface area contributed by atoms with Crippen LogP contribution < -0.4 is 11.1 Å². The van der Waals surface area contributed by atoms with Gasteiger partial charge in [-0.25, -0.2) is 0 Å². The third-order valence-corrected chi connectivity index (χ3v) is 2.55. The third-order valence-electron chi connectivity index (χ3n) is 2.55. The zero-order valence-electron chi connectivity index (χ0n) is 7.81.